The van der Waals surface area contributed by atoms with Gasteiger partial charge in [-0.2, -0.15) is 4.39 Å². The quantitative estimate of drug-likeness (QED) is 0.573. The number of halogens is 1. The van der Waals surface area contributed by atoms with Crippen LogP contribution in [0, 0.1) is 5.95 Å². The Morgan fingerprint density at radius 1 is 1.36 bits per heavy atom. The third-order valence-electron chi connectivity index (χ3n) is 1.94. The van der Waals surface area contributed by atoms with E-state index in [1.165, 1.54) is 0 Å². The Hall–Kier alpha value is -1.55. The van der Waals surface area contributed by atoms with Gasteiger partial charge < -0.3 is 5.73 Å². The number of hydrogen-bond donors (Lipinski definition) is 1. The summed E-state index contributed by atoms with van der Waals surface area (Å²) in [5.41, 5.74) is 6.15. The van der Waals surface area contributed by atoms with Gasteiger partial charge in [0.2, 0.25) is 5.95 Å². The van der Waals surface area contributed by atoms with E-state index in [0.29, 0.717) is 5.52 Å². The van der Waals surface area contributed by atoms with Gasteiger partial charge in [-0.1, -0.05) is 30.4 Å². The number of fused-ring (bicyclic) bond motifs is 1. The van der Waals surface area contributed by atoms with E-state index in [2.05, 4.69) is 4.98 Å². The van der Waals surface area contributed by atoms with Crippen molar-refractivity contribution in [2.45, 2.75) is 0 Å². The molecule has 70 valence electrons. The van der Waals surface area contributed by atoms with Crippen LogP contribution >= 0.6 is 12.2 Å². The predicted octanol–water partition coefficient (Wildman–Crippen LogP) is 2.01. The number of nitrogens with two attached hydrogens (primary N) is 1. The van der Waals surface area contributed by atoms with Crippen molar-refractivity contribution in [3.05, 3.63) is 41.8 Å². The van der Waals surface area contributed by atoms with Crippen LogP contribution in [0.3, 0.4) is 0 Å². The SMILES string of the molecule is NC(=S)c1cc2ccccc2nc1F. The largest absolute Gasteiger partial charge is 0.389 e. The molecule has 14 heavy (non-hydrogen) atoms. The topological polar surface area (TPSA) is 38.9 Å². The number of thiocarbonyl (C=S) groups is 1. The first-order valence-corrected chi connectivity index (χ1v) is 4.44. The smallest absolute Gasteiger partial charge is 0.223 e. The van der Waals surface area contributed by atoms with Crippen LogP contribution in [-0.4, -0.2) is 9.97 Å². The molecule has 2 rings (SSSR count). The lowest BCUT2D eigenvalue weighted by Crippen LogP contribution is -2.12. The number of pyridine rings is 1. The van der Waals surface area contributed by atoms with Crippen molar-refractivity contribution in [3.8, 4) is 0 Å². The monoisotopic (exact) mass is 206 g/mol. The zero-order valence-electron chi connectivity index (χ0n) is 7.20. The molecule has 0 bridgehead atoms. The summed E-state index contributed by atoms with van der Waals surface area (Å²) in [6, 6.07) is 8.84. The Bertz CT molecular complexity index is 510. The Balaban J connectivity index is 2.77. The number of rotatable bonds is 1. The van der Waals surface area contributed by atoms with Crippen molar-refractivity contribution >= 4 is 28.1 Å². The van der Waals surface area contributed by atoms with E-state index in [4.69, 9.17) is 18.0 Å². The van der Waals surface area contributed by atoms with Crippen LogP contribution in [0.5, 0.6) is 0 Å². The highest BCUT2D eigenvalue weighted by atomic mass is 32.1. The van der Waals surface area contributed by atoms with E-state index < -0.39 is 5.95 Å². The molecule has 0 aliphatic carbocycles. The average Bonchev–Trinajstić information content (AvgIpc) is 2.16. The minimum Gasteiger partial charge on any atom is -0.389 e. The number of benzene rings is 1. The maximum Gasteiger partial charge on any atom is 0.223 e. The molecule has 0 fully saturated rings. The number of hydrogen-bond acceptors (Lipinski definition) is 2. The third-order valence-corrected chi connectivity index (χ3v) is 2.16. The summed E-state index contributed by atoms with van der Waals surface area (Å²) in [5, 5.41) is 0.830. The van der Waals surface area contributed by atoms with Gasteiger partial charge in [0.25, 0.3) is 0 Å². The molecule has 0 unspecified atom stereocenters. The molecule has 0 aliphatic rings. The van der Waals surface area contributed by atoms with Gasteiger partial charge in [-0.05, 0) is 12.1 Å². The second-order valence-corrected chi connectivity index (χ2v) is 3.32. The normalized spacial score (nSPS) is 10.4. The lowest BCUT2D eigenvalue weighted by atomic mass is 10.1. The van der Waals surface area contributed by atoms with Crippen LogP contribution in [0.1, 0.15) is 5.56 Å². The molecule has 1 aromatic carbocycles. The van der Waals surface area contributed by atoms with Gasteiger partial charge >= 0.3 is 0 Å². The molecule has 0 aliphatic heterocycles. The van der Waals surface area contributed by atoms with Gasteiger partial charge in [0.05, 0.1) is 11.1 Å². The van der Waals surface area contributed by atoms with E-state index in [1.54, 1.807) is 18.2 Å². The van der Waals surface area contributed by atoms with E-state index >= 15 is 0 Å². The Labute approximate surface area is 85.6 Å². The highest BCUT2D eigenvalue weighted by Crippen LogP contribution is 2.15. The number of aromatic nitrogens is 1. The summed E-state index contributed by atoms with van der Waals surface area (Å²) in [4.78, 5) is 3.79. The second kappa shape index (κ2) is 3.31. The molecule has 4 heteroatoms. The Morgan fingerprint density at radius 2 is 2.07 bits per heavy atom. The summed E-state index contributed by atoms with van der Waals surface area (Å²) in [7, 11) is 0. The van der Waals surface area contributed by atoms with Crippen molar-refractivity contribution in [1.29, 1.82) is 0 Å². The maximum absolute atomic E-state index is 13.3. The lowest BCUT2D eigenvalue weighted by Gasteiger charge is -2.02. The standard InChI is InChI=1S/C10H7FN2S/c11-9-7(10(12)14)5-6-3-1-2-4-8(6)13-9/h1-5H,(H2,12,14). The molecule has 1 aromatic heterocycles. The first-order chi connectivity index (χ1) is 6.68. The van der Waals surface area contributed by atoms with Gasteiger partial charge in [0, 0.05) is 5.39 Å². The summed E-state index contributed by atoms with van der Waals surface area (Å²) in [5.74, 6) is -0.615. The van der Waals surface area contributed by atoms with E-state index in [9.17, 15) is 4.39 Å². The van der Waals surface area contributed by atoms with Crippen LogP contribution < -0.4 is 5.73 Å². The molecule has 0 amide bonds. The molecule has 0 radical (unpaired) electrons. The van der Waals surface area contributed by atoms with Crippen LogP contribution in [0.25, 0.3) is 10.9 Å². The van der Waals surface area contributed by atoms with Crippen molar-refractivity contribution in [3.63, 3.8) is 0 Å². The lowest BCUT2D eigenvalue weighted by molar-refractivity contribution is 0.587. The number of nitrogens with zero attached hydrogens (tertiary/aromatic N) is 1. The van der Waals surface area contributed by atoms with Crippen molar-refractivity contribution in [2.75, 3.05) is 0 Å². The fourth-order valence-corrected chi connectivity index (χ4v) is 1.41. The van der Waals surface area contributed by atoms with Crippen molar-refractivity contribution < 1.29 is 4.39 Å². The maximum atomic E-state index is 13.3. The third kappa shape index (κ3) is 1.44. The Kier molecular flexibility index (Phi) is 2.13. The highest BCUT2D eigenvalue weighted by molar-refractivity contribution is 7.80. The molecular formula is C10H7FN2S. The van der Waals surface area contributed by atoms with Crippen LogP contribution in [0.2, 0.25) is 0 Å². The fourth-order valence-electron chi connectivity index (χ4n) is 1.27. The summed E-state index contributed by atoms with van der Waals surface area (Å²) < 4.78 is 13.3. The van der Waals surface area contributed by atoms with Gasteiger partial charge in [0.15, 0.2) is 0 Å². The fraction of sp³-hybridized carbons (Fsp3) is 0. The Morgan fingerprint density at radius 3 is 2.79 bits per heavy atom. The van der Waals surface area contributed by atoms with Crippen molar-refractivity contribution in [1.82, 2.24) is 4.98 Å². The van der Waals surface area contributed by atoms with Gasteiger partial charge in [-0.25, -0.2) is 4.98 Å². The van der Waals surface area contributed by atoms with Crippen LogP contribution in [0.4, 0.5) is 4.39 Å². The summed E-state index contributed by atoms with van der Waals surface area (Å²) >= 11 is 4.71. The second-order valence-electron chi connectivity index (χ2n) is 2.88. The zero-order valence-corrected chi connectivity index (χ0v) is 8.01. The molecule has 0 saturated heterocycles. The van der Waals surface area contributed by atoms with Crippen molar-refractivity contribution in [2.24, 2.45) is 5.73 Å². The molecule has 2 N–H and O–H groups in total. The molecule has 2 nitrogen and oxygen atoms in total. The minimum atomic E-state index is -0.615. The summed E-state index contributed by atoms with van der Waals surface area (Å²) in [6.07, 6.45) is 0. The minimum absolute atomic E-state index is 0.0285. The van der Waals surface area contributed by atoms with Gasteiger partial charge in [0.1, 0.15) is 4.99 Å². The molecular weight excluding hydrogens is 199 g/mol. The molecule has 2 aromatic rings. The molecule has 1 heterocycles. The molecule has 0 saturated carbocycles. The number of para-hydroxylation sites is 1. The first-order valence-electron chi connectivity index (χ1n) is 4.03. The predicted molar refractivity (Wildman–Crippen MR) is 57.6 cm³/mol. The highest BCUT2D eigenvalue weighted by Gasteiger charge is 2.07. The molecule has 0 atom stereocenters. The van der Waals surface area contributed by atoms with E-state index in [0.717, 1.165) is 5.39 Å². The average molecular weight is 206 g/mol. The van der Waals surface area contributed by atoms with Gasteiger partial charge in [-0.15, -0.1) is 0 Å². The van der Waals surface area contributed by atoms with E-state index in [-0.39, 0.29) is 10.6 Å². The summed E-state index contributed by atoms with van der Waals surface area (Å²) in [6.45, 7) is 0. The van der Waals surface area contributed by atoms with Gasteiger partial charge in [-0.3, -0.25) is 0 Å². The zero-order chi connectivity index (χ0) is 10.1. The molecule has 0 spiro atoms. The van der Waals surface area contributed by atoms with Crippen LogP contribution in [-0.2, 0) is 0 Å². The van der Waals surface area contributed by atoms with Crippen LogP contribution in [0.15, 0.2) is 30.3 Å². The van der Waals surface area contributed by atoms with E-state index in [1.807, 2.05) is 12.1 Å². The first kappa shape index (κ1) is 9.02.